The lowest BCUT2D eigenvalue weighted by molar-refractivity contribution is -0.137. The molecule has 7 heteroatoms. The van der Waals surface area contributed by atoms with E-state index < -0.39 is 17.4 Å². The maximum Gasteiger partial charge on any atom is 0.416 e. The van der Waals surface area contributed by atoms with Gasteiger partial charge >= 0.3 is 11.8 Å². The van der Waals surface area contributed by atoms with Gasteiger partial charge in [-0.1, -0.05) is 19.4 Å². The lowest BCUT2D eigenvalue weighted by Crippen LogP contribution is -2.32. The van der Waals surface area contributed by atoms with E-state index in [1.807, 2.05) is 12.1 Å². The zero-order chi connectivity index (χ0) is 20.6. The standard InChI is InChI=1S/C22H20F3NO3/c1-2-3-5-14-10-20(27)29-21-17(14)8-9-19-18(21)12-26(13-28-19)16-7-4-6-15(11-16)22(23,24)25/h4,6-11H,2-3,5,12-13H2,1H3. The predicted molar refractivity (Wildman–Crippen MR) is 104 cm³/mol. The molecule has 4 nitrogen and oxygen atoms in total. The Labute approximate surface area is 165 Å². The Morgan fingerprint density at radius 2 is 1.97 bits per heavy atom. The van der Waals surface area contributed by atoms with Crippen LogP contribution in [-0.2, 0) is 19.1 Å². The maximum absolute atomic E-state index is 13.1. The van der Waals surface area contributed by atoms with Gasteiger partial charge in [-0.3, -0.25) is 0 Å². The first-order valence-corrected chi connectivity index (χ1v) is 9.50. The molecule has 4 rings (SSSR count). The number of anilines is 1. The fourth-order valence-electron chi connectivity index (χ4n) is 3.62. The second-order valence-electron chi connectivity index (χ2n) is 7.13. The monoisotopic (exact) mass is 403 g/mol. The molecule has 0 N–H and O–H groups in total. The molecule has 0 unspecified atom stereocenters. The van der Waals surface area contributed by atoms with Crippen molar-refractivity contribution < 1.29 is 22.3 Å². The average Bonchev–Trinajstić information content (AvgIpc) is 2.71. The summed E-state index contributed by atoms with van der Waals surface area (Å²) < 4.78 is 50.5. The molecule has 2 heterocycles. The molecule has 29 heavy (non-hydrogen) atoms. The highest BCUT2D eigenvalue weighted by Gasteiger charge is 2.31. The number of nitrogens with zero attached hydrogens (tertiary/aromatic N) is 1. The van der Waals surface area contributed by atoms with Crippen LogP contribution < -0.4 is 15.3 Å². The van der Waals surface area contributed by atoms with Gasteiger partial charge in [-0.05, 0) is 48.7 Å². The number of unbranched alkanes of at least 4 members (excludes halogenated alkanes) is 1. The first-order valence-electron chi connectivity index (χ1n) is 9.50. The number of hydrogen-bond acceptors (Lipinski definition) is 4. The summed E-state index contributed by atoms with van der Waals surface area (Å²) in [6.45, 7) is 2.48. The van der Waals surface area contributed by atoms with E-state index >= 15 is 0 Å². The van der Waals surface area contributed by atoms with Crippen LogP contribution in [-0.4, -0.2) is 6.73 Å². The van der Waals surface area contributed by atoms with Gasteiger partial charge in [0.2, 0.25) is 0 Å². The van der Waals surface area contributed by atoms with E-state index in [0.29, 0.717) is 22.6 Å². The Morgan fingerprint density at radius 1 is 1.14 bits per heavy atom. The Hall–Kier alpha value is -2.96. The highest BCUT2D eigenvalue weighted by atomic mass is 19.4. The molecule has 0 bridgehead atoms. The zero-order valence-corrected chi connectivity index (χ0v) is 15.9. The third-order valence-corrected chi connectivity index (χ3v) is 5.12. The van der Waals surface area contributed by atoms with Crippen LogP contribution in [0.1, 0.15) is 36.5 Å². The molecule has 152 valence electrons. The van der Waals surface area contributed by atoms with Crippen molar-refractivity contribution in [3.8, 4) is 5.75 Å². The minimum absolute atomic E-state index is 0.111. The Bertz CT molecular complexity index is 1100. The van der Waals surface area contributed by atoms with Crippen molar-refractivity contribution in [1.82, 2.24) is 0 Å². The van der Waals surface area contributed by atoms with Crippen molar-refractivity contribution in [2.45, 2.75) is 38.9 Å². The van der Waals surface area contributed by atoms with E-state index in [-0.39, 0.29) is 13.3 Å². The van der Waals surface area contributed by atoms with Crippen molar-refractivity contribution >= 4 is 16.7 Å². The van der Waals surface area contributed by atoms with Crippen LogP contribution >= 0.6 is 0 Å². The SMILES string of the molecule is CCCCc1cc(=O)oc2c3c(ccc12)OCN(c1cccc(C(F)(F)F)c1)C3. The summed E-state index contributed by atoms with van der Waals surface area (Å²) >= 11 is 0. The van der Waals surface area contributed by atoms with E-state index in [1.165, 1.54) is 12.1 Å². The Kier molecular flexibility index (Phi) is 4.98. The van der Waals surface area contributed by atoms with E-state index in [2.05, 4.69) is 6.92 Å². The number of benzene rings is 2. The molecule has 0 aliphatic carbocycles. The number of aryl methyl sites for hydroxylation is 1. The summed E-state index contributed by atoms with van der Waals surface area (Å²) in [5, 5.41) is 0.839. The number of fused-ring (bicyclic) bond motifs is 3. The maximum atomic E-state index is 13.1. The van der Waals surface area contributed by atoms with E-state index in [4.69, 9.17) is 9.15 Å². The van der Waals surface area contributed by atoms with Crippen LogP contribution in [0.2, 0.25) is 0 Å². The summed E-state index contributed by atoms with van der Waals surface area (Å²) in [6, 6.07) is 10.3. The fourth-order valence-corrected chi connectivity index (χ4v) is 3.62. The minimum atomic E-state index is -4.42. The molecule has 0 atom stereocenters. The van der Waals surface area contributed by atoms with Gasteiger partial charge < -0.3 is 14.1 Å². The molecule has 1 aromatic heterocycles. The molecule has 0 fully saturated rings. The van der Waals surface area contributed by atoms with Gasteiger partial charge in [-0.25, -0.2) is 4.79 Å². The number of hydrogen-bond donors (Lipinski definition) is 0. The smallest absolute Gasteiger partial charge is 0.416 e. The lowest BCUT2D eigenvalue weighted by Gasteiger charge is -2.31. The topological polar surface area (TPSA) is 42.7 Å². The molecule has 0 saturated heterocycles. The molecule has 0 saturated carbocycles. The first kappa shape index (κ1) is 19.4. The fraction of sp³-hybridized carbons (Fsp3) is 0.318. The van der Waals surface area contributed by atoms with Gasteiger partial charge in [0.25, 0.3) is 0 Å². The van der Waals surface area contributed by atoms with Crippen molar-refractivity contribution in [3.63, 3.8) is 0 Å². The lowest BCUT2D eigenvalue weighted by atomic mass is 10.0. The van der Waals surface area contributed by atoms with Crippen molar-refractivity contribution in [1.29, 1.82) is 0 Å². The van der Waals surface area contributed by atoms with Crippen LogP contribution in [0.5, 0.6) is 5.75 Å². The average molecular weight is 403 g/mol. The molecular formula is C22H20F3NO3. The highest BCUT2D eigenvalue weighted by Crippen LogP contribution is 2.37. The first-order chi connectivity index (χ1) is 13.9. The van der Waals surface area contributed by atoms with Crippen LogP contribution in [0.4, 0.5) is 18.9 Å². The third kappa shape index (κ3) is 3.81. The number of ether oxygens (including phenoxy) is 1. The number of rotatable bonds is 4. The second kappa shape index (κ2) is 7.46. The van der Waals surface area contributed by atoms with Gasteiger partial charge in [-0.15, -0.1) is 0 Å². The van der Waals surface area contributed by atoms with Crippen LogP contribution in [0.3, 0.4) is 0 Å². The zero-order valence-electron chi connectivity index (χ0n) is 15.9. The van der Waals surface area contributed by atoms with E-state index in [1.54, 1.807) is 11.0 Å². The summed E-state index contributed by atoms with van der Waals surface area (Å²) in [5.41, 5.74) is 1.27. The summed E-state index contributed by atoms with van der Waals surface area (Å²) in [5.74, 6) is 0.580. The van der Waals surface area contributed by atoms with Gasteiger partial charge in [0.05, 0.1) is 17.7 Å². The molecule has 2 aromatic carbocycles. The van der Waals surface area contributed by atoms with Gasteiger partial charge in [0.15, 0.2) is 6.73 Å². The summed E-state index contributed by atoms with van der Waals surface area (Å²) in [7, 11) is 0. The van der Waals surface area contributed by atoms with E-state index in [9.17, 15) is 18.0 Å². The molecule has 1 aliphatic heterocycles. The van der Waals surface area contributed by atoms with E-state index in [0.717, 1.165) is 42.3 Å². The largest absolute Gasteiger partial charge is 0.473 e. The summed E-state index contributed by atoms with van der Waals surface area (Å²) in [4.78, 5) is 13.8. The molecule has 0 spiro atoms. The van der Waals surface area contributed by atoms with Crippen molar-refractivity contribution in [3.05, 3.63) is 69.6 Å². The van der Waals surface area contributed by atoms with Crippen LogP contribution in [0.15, 0.2) is 51.7 Å². The van der Waals surface area contributed by atoms with Crippen molar-refractivity contribution in [2.75, 3.05) is 11.6 Å². The number of halogens is 3. The minimum Gasteiger partial charge on any atom is -0.473 e. The van der Waals surface area contributed by atoms with Gasteiger partial charge in [-0.2, -0.15) is 13.2 Å². The van der Waals surface area contributed by atoms with Crippen LogP contribution in [0, 0.1) is 0 Å². The Balaban J connectivity index is 1.75. The molecule has 1 aliphatic rings. The normalized spacial score (nSPS) is 14.0. The quantitative estimate of drug-likeness (QED) is 0.539. The molecule has 0 amide bonds. The van der Waals surface area contributed by atoms with Gasteiger partial charge in [0.1, 0.15) is 11.3 Å². The molecule has 3 aromatic rings. The van der Waals surface area contributed by atoms with Gasteiger partial charge in [0, 0.05) is 17.1 Å². The molecule has 0 radical (unpaired) electrons. The van der Waals surface area contributed by atoms with Crippen LogP contribution in [0.25, 0.3) is 11.0 Å². The summed E-state index contributed by atoms with van der Waals surface area (Å²) in [6.07, 6.45) is -1.71. The second-order valence-corrected chi connectivity index (χ2v) is 7.13. The highest BCUT2D eigenvalue weighted by molar-refractivity contribution is 5.85. The Morgan fingerprint density at radius 3 is 2.72 bits per heavy atom. The predicted octanol–water partition coefficient (Wildman–Crippen LogP) is 5.51. The van der Waals surface area contributed by atoms with Crippen molar-refractivity contribution in [2.24, 2.45) is 0 Å². The third-order valence-electron chi connectivity index (χ3n) is 5.12. The number of alkyl halides is 3. The molecular weight excluding hydrogens is 383 g/mol.